The van der Waals surface area contributed by atoms with Crippen molar-refractivity contribution in [3.63, 3.8) is 0 Å². The molecular weight excluding hydrogens is 240 g/mol. The van der Waals surface area contributed by atoms with Crippen molar-refractivity contribution in [3.05, 3.63) is 54.4 Å². The molecule has 0 saturated heterocycles. The summed E-state index contributed by atoms with van der Waals surface area (Å²) in [7, 11) is 0. The fourth-order valence-corrected chi connectivity index (χ4v) is 1.56. The maximum atomic E-state index is 6.95. The summed E-state index contributed by atoms with van der Waals surface area (Å²) in [4.78, 5) is 3.72. The van der Waals surface area contributed by atoms with Crippen LogP contribution < -0.4 is 16.5 Å². The van der Waals surface area contributed by atoms with E-state index in [1.54, 1.807) is 6.08 Å². The summed E-state index contributed by atoms with van der Waals surface area (Å²) in [5, 5.41) is 14.2. The quantitative estimate of drug-likeness (QED) is 0.483. The molecule has 0 radical (unpaired) electrons. The lowest BCUT2D eigenvalue weighted by molar-refractivity contribution is 0.910. The van der Waals surface area contributed by atoms with Gasteiger partial charge in [0.15, 0.2) is 5.84 Å². The number of nitrogens with zero attached hydrogens (tertiary/aromatic N) is 2. The van der Waals surface area contributed by atoms with Gasteiger partial charge in [0.25, 0.3) is 0 Å². The van der Waals surface area contributed by atoms with Crippen molar-refractivity contribution in [2.75, 3.05) is 5.32 Å². The summed E-state index contributed by atoms with van der Waals surface area (Å²) in [6.45, 7) is 3.79. The Bertz CT molecular complexity index is 582. The summed E-state index contributed by atoms with van der Waals surface area (Å²) in [6.07, 6.45) is 2.66. The smallest absolute Gasteiger partial charge is 0.155 e. The third-order valence-corrected chi connectivity index (χ3v) is 2.38. The molecule has 1 aliphatic rings. The largest absolute Gasteiger partial charge is 0.382 e. The lowest BCUT2D eigenvalue weighted by Gasteiger charge is -2.18. The van der Waals surface area contributed by atoms with Crippen molar-refractivity contribution in [1.82, 2.24) is 5.43 Å². The normalized spacial score (nSPS) is 15.2. The maximum Gasteiger partial charge on any atom is 0.155 e. The molecule has 0 unspecified atom stereocenters. The number of hydrogen-bond donors (Lipinski definition) is 4. The van der Waals surface area contributed by atoms with Gasteiger partial charge in [0.2, 0.25) is 0 Å². The van der Waals surface area contributed by atoms with Crippen LogP contribution in [0.5, 0.6) is 0 Å². The average molecular weight is 254 g/mol. The van der Waals surface area contributed by atoms with E-state index in [9.17, 15) is 0 Å². The van der Waals surface area contributed by atoms with Crippen LogP contribution in [0, 0.1) is 5.41 Å². The average Bonchev–Trinajstić information content (AvgIpc) is 2.40. The number of benzene rings is 1. The van der Waals surface area contributed by atoms with Crippen LogP contribution in [0.2, 0.25) is 0 Å². The van der Waals surface area contributed by atoms with Crippen LogP contribution >= 0.6 is 0 Å². The molecule has 96 valence electrons. The second kappa shape index (κ2) is 5.63. The summed E-state index contributed by atoms with van der Waals surface area (Å²) in [6, 6.07) is 9.62. The fourth-order valence-electron chi connectivity index (χ4n) is 1.56. The third kappa shape index (κ3) is 3.06. The summed E-state index contributed by atoms with van der Waals surface area (Å²) >= 11 is 0. The highest BCUT2D eigenvalue weighted by molar-refractivity contribution is 6.48. The highest BCUT2D eigenvalue weighted by atomic mass is 15.3. The van der Waals surface area contributed by atoms with Crippen LogP contribution in [-0.4, -0.2) is 17.9 Å². The molecule has 6 heteroatoms. The molecular formula is C13H14N6. The Morgan fingerprint density at radius 3 is 2.84 bits per heavy atom. The minimum atomic E-state index is 0.157. The van der Waals surface area contributed by atoms with E-state index in [4.69, 9.17) is 11.1 Å². The van der Waals surface area contributed by atoms with Gasteiger partial charge >= 0.3 is 0 Å². The lowest BCUT2D eigenvalue weighted by atomic mass is 10.2. The second-order valence-electron chi connectivity index (χ2n) is 3.79. The number of hydrazone groups is 1. The van der Waals surface area contributed by atoms with Crippen LogP contribution in [0.25, 0.3) is 0 Å². The van der Waals surface area contributed by atoms with Gasteiger partial charge in [0.05, 0.1) is 11.4 Å². The predicted octanol–water partition coefficient (Wildman–Crippen LogP) is 1.42. The number of nitrogens with two attached hydrogens (primary N) is 1. The van der Waals surface area contributed by atoms with E-state index < -0.39 is 0 Å². The standard InChI is InChI=1S/C13H14N6/c1-9-7-11(17-10-5-3-2-4-6-10)12(19-18-9)13(15)16-8-14/h2-8,17-18H,1H2,(H3,14,15,16). The molecule has 19 heavy (non-hydrogen) atoms. The van der Waals surface area contributed by atoms with Gasteiger partial charge in [-0.1, -0.05) is 24.8 Å². The molecule has 5 N–H and O–H groups in total. The molecule has 0 aromatic heterocycles. The Morgan fingerprint density at radius 1 is 1.42 bits per heavy atom. The number of hydrogen-bond acceptors (Lipinski definition) is 4. The SMILES string of the molecule is C=C1C=C(Nc2ccccc2)C(C(N)=NC=N)=NN1. The molecule has 0 fully saturated rings. The van der Waals surface area contributed by atoms with Gasteiger partial charge in [-0.2, -0.15) is 5.10 Å². The van der Waals surface area contributed by atoms with E-state index in [1.807, 2.05) is 30.3 Å². The molecule has 0 spiro atoms. The Kier molecular flexibility index (Phi) is 3.72. The molecule has 0 bridgehead atoms. The van der Waals surface area contributed by atoms with E-state index in [-0.39, 0.29) is 5.84 Å². The van der Waals surface area contributed by atoms with Crippen LogP contribution in [0.3, 0.4) is 0 Å². The zero-order valence-corrected chi connectivity index (χ0v) is 10.2. The molecule has 6 nitrogen and oxygen atoms in total. The molecule has 0 amide bonds. The minimum Gasteiger partial charge on any atom is -0.382 e. The second-order valence-corrected chi connectivity index (χ2v) is 3.79. The van der Waals surface area contributed by atoms with Gasteiger partial charge < -0.3 is 11.1 Å². The first-order valence-electron chi connectivity index (χ1n) is 5.60. The van der Waals surface area contributed by atoms with Crippen LogP contribution in [0.1, 0.15) is 0 Å². The van der Waals surface area contributed by atoms with Crippen LogP contribution in [-0.2, 0) is 0 Å². The summed E-state index contributed by atoms with van der Waals surface area (Å²) < 4.78 is 0. The molecule has 1 heterocycles. The van der Waals surface area contributed by atoms with Crippen molar-refractivity contribution in [2.45, 2.75) is 0 Å². The van der Waals surface area contributed by atoms with Gasteiger partial charge in [0, 0.05) is 5.69 Å². The molecule has 2 rings (SSSR count). The Hall–Kier alpha value is -2.89. The zero-order valence-electron chi connectivity index (χ0n) is 10.2. The highest BCUT2D eigenvalue weighted by Crippen LogP contribution is 2.13. The number of allylic oxidation sites excluding steroid dienone is 1. The van der Waals surface area contributed by atoms with Crippen LogP contribution in [0.4, 0.5) is 5.69 Å². The molecule has 1 aromatic rings. The van der Waals surface area contributed by atoms with Gasteiger partial charge in [-0.05, 0) is 18.2 Å². The topological polar surface area (TPSA) is 98.6 Å². The fraction of sp³-hybridized carbons (Fsp3) is 0. The number of para-hydroxylation sites is 1. The van der Waals surface area contributed by atoms with Gasteiger partial charge in [-0.25, -0.2) is 4.99 Å². The van der Waals surface area contributed by atoms with Crippen molar-refractivity contribution >= 4 is 23.6 Å². The Labute approximate surface area is 110 Å². The van der Waals surface area contributed by atoms with Gasteiger partial charge in [-0.3, -0.25) is 10.8 Å². The zero-order chi connectivity index (χ0) is 13.7. The number of amidine groups is 1. The van der Waals surface area contributed by atoms with E-state index >= 15 is 0 Å². The predicted molar refractivity (Wildman–Crippen MR) is 78.3 cm³/mol. The minimum absolute atomic E-state index is 0.157. The van der Waals surface area contributed by atoms with Crippen molar-refractivity contribution in [3.8, 4) is 0 Å². The maximum absolute atomic E-state index is 6.95. The van der Waals surface area contributed by atoms with E-state index in [1.165, 1.54) is 0 Å². The Balaban J connectivity index is 2.29. The first-order chi connectivity index (χ1) is 9.20. The van der Waals surface area contributed by atoms with Crippen molar-refractivity contribution in [1.29, 1.82) is 5.41 Å². The summed E-state index contributed by atoms with van der Waals surface area (Å²) in [5.41, 5.74) is 11.2. The molecule has 1 aromatic carbocycles. The highest BCUT2D eigenvalue weighted by Gasteiger charge is 2.16. The Morgan fingerprint density at radius 2 is 2.16 bits per heavy atom. The number of rotatable bonds is 4. The van der Waals surface area contributed by atoms with E-state index in [0.29, 0.717) is 17.1 Å². The van der Waals surface area contributed by atoms with Crippen LogP contribution in [0.15, 0.2) is 64.5 Å². The first-order valence-corrected chi connectivity index (χ1v) is 5.60. The van der Waals surface area contributed by atoms with Gasteiger partial charge in [0.1, 0.15) is 12.1 Å². The monoisotopic (exact) mass is 254 g/mol. The third-order valence-electron chi connectivity index (χ3n) is 2.38. The number of aliphatic imine (C=N–C) groups is 1. The lowest BCUT2D eigenvalue weighted by Crippen LogP contribution is -2.33. The van der Waals surface area contributed by atoms with E-state index in [0.717, 1.165) is 12.0 Å². The first kappa shape index (κ1) is 12.6. The molecule has 0 saturated carbocycles. The summed E-state index contributed by atoms with van der Waals surface area (Å²) in [5.74, 6) is 0.157. The van der Waals surface area contributed by atoms with Crippen molar-refractivity contribution < 1.29 is 0 Å². The van der Waals surface area contributed by atoms with Crippen molar-refractivity contribution in [2.24, 2.45) is 15.8 Å². The molecule has 1 aliphatic heterocycles. The molecule has 0 atom stereocenters. The molecule has 0 aliphatic carbocycles. The number of anilines is 1. The van der Waals surface area contributed by atoms with E-state index in [2.05, 4.69) is 27.4 Å². The van der Waals surface area contributed by atoms with Gasteiger partial charge in [-0.15, -0.1) is 0 Å². The number of nitrogens with one attached hydrogen (secondary N) is 3.